The number of carbonyl (C=O) groups excluding carboxylic acids is 2. The van der Waals surface area contributed by atoms with Crippen LogP contribution < -0.4 is 5.32 Å². The van der Waals surface area contributed by atoms with E-state index in [0.717, 1.165) is 0 Å². The molecular weight excluding hydrogens is 222 g/mol. The molecule has 0 heterocycles. The standard InChI is InChI=1S/C12H15NO4/c1-3-10(12(16)17-2)13-11(15)8-4-6-9(14)7-5-8/h4-7,10,14H,3H2,1-2H3,(H,13,15)/t10-/m0/s1. The Kier molecular flexibility index (Phi) is 4.51. The minimum atomic E-state index is -0.652. The summed E-state index contributed by atoms with van der Waals surface area (Å²) in [7, 11) is 1.28. The van der Waals surface area contributed by atoms with Crippen LogP contribution in [0.25, 0.3) is 0 Å². The summed E-state index contributed by atoms with van der Waals surface area (Å²) < 4.78 is 4.57. The molecule has 5 nitrogen and oxygen atoms in total. The summed E-state index contributed by atoms with van der Waals surface area (Å²) in [5.74, 6) is -0.761. The van der Waals surface area contributed by atoms with Gasteiger partial charge in [-0.3, -0.25) is 4.79 Å². The van der Waals surface area contributed by atoms with E-state index in [1.807, 2.05) is 0 Å². The fourth-order valence-electron chi connectivity index (χ4n) is 1.32. The highest BCUT2D eigenvalue weighted by atomic mass is 16.5. The molecule has 0 bridgehead atoms. The maximum Gasteiger partial charge on any atom is 0.328 e. The number of rotatable bonds is 4. The highest BCUT2D eigenvalue weighted by molar-refractivity contribution is 5.96. The highest BCUT2D eigenvalue weighted by Gasteiger charge is 2.19. The van der Waals surface area contributed by atoms with Gasteiger partial charge in [0, 0.05) is 5.56 Å². The summed E-state index contributed by atoms with van der Waals surface area (Å²) in [6.07, 6.45) is 0.455. The Morgan fingerprint density at radius 3 is 2.41 bits per heavy atom. The third-order valence-corrected chi connectivity index (χ3v) is 2.33. The molecule has 17 heavy (non-hydrogen) atoms. The maximum atomic E-state index is 11.7. The first kappa shape index (κ1) is 13.0. The lowest BCUT2D eigenvalue weighted by atomic mass is 10.1. The SMILES string of the molecule is CC[C@H](NC(=O)c1ccc(O)cc1)C(=O)OC. The van der Waals surface area contributed by atoms with Crippen molar-refractivity contribution in [3.05, 3.63) is 29.8 Å². The predicted octanol–water partition coefficient (Wildman–Crippen LogP) is 1.07. The fourth-order valence-corrected chi connectivity index (χ4v) is 1.32. The van der Waals surface area contributed by atoms with Gasteiger partial charge in [-0.1, -0.05) is 6.92 Å². The second kappa shape index (κ2) is 5.89. The fraction of sp³-hybridized carbons (Fsp3) is 0.333. The van der Waals surface area contributed by atoms with Crippen LogP contribution in [0.1, 0.15) is 23.7 Å². The molecule has 0 aliphatic carbocycles. The number of amides is 1. The normalized spacial score (nSPS) is 11.6. The molecule has 1 aromatic carbocycles. The molecule has 0 saturated heterocycles. The Morgan fingerprint density at radius 1 is 1.35 bits per heavy atom. The average Bonchev–Trinajstić information content (AvgIpc) is 2.35. The van der Waals surface area contributed by atoms with Crippen LogP contribution in [0.15, 0.2) is 24.3 Å². The predicted molar refractivity (Wildman–Crippen MR) is 61.7 cm³/mol. The molecule has 0 aliphatic rings. The van der Waals surface area contributed by atoms with Crippen molar-refractivity contribution in [2.24, 2.45) is 0 Å². The zero-order valence-corrected chi connectivity index (χ0v) is 9.77. The van der Waals surface area contributed by atoms with E-state index >= 15 is 0 Å². The van der Waals surface area contributed by atoms with E-state index < -0.39 is 12.0 Å². The van der Waals surface area contributed by atoms with Crippen LogP contribution >= 0.6 is 0 Å². The number of ether oxygens (including phenoxy) is 1. The molecule has 0 radical (unpaired) electrons. The zero-order valence-electron chi connectivity index (χ0n) is 9.77. The number of hydrogen-bond acceptors (Lipinski definition) is 4. The van der Waals surface area contributed by atoms with Crippen molar-refractivity contribution >= 4 is 11.9 Å². The average molecular weight is 237 g/mol. The zero-order chi connectivity index (χ0) is 12.8. The lowest BCUT2D eigenvalue weighted by Crippen LogP contribution is -2.40. The van der Waals surface area contributed by atoms with Crippen molar-refractivity contribution in [2.45, 2.75) is 19.4 Å². The molecule has 0 aromatic heterocycles. The molecule has 1 amide bonds. The number of phenols is 1. The topological polar surface area (TPSA) is 75.6 Å². The Bertz CT molecular complexity index is 399. The molecule has 0 aliphatic heterocycles. The highest BCUT2D eigenvalue weighted by Crippen LogP contribution is 2.09. The number of methoxy groups -OCH3 is 1. The van der Waals surface area contributed by atoms with Crippen molar-refractivity contribution in [1.82, 2.24) is 5.32 Å². The minimum Gasteiger partial charge on any atom is -0.508 e. The van der Waals surface area contributed by atoms with Crippen molar-refractivity contribution in [2.75, 3.05) is 7.11 Å². The van der Waals surface area contributed by atoms with Gasteiger partial charge in [0.05, 0.1) is 7.11 Å². The summed E-state index contributed by atoms with van der Waals surface area (Å²) in [5.41, 5.74) is 0.380. The number of phenolic OH excluding ortho intramolecular Hbond substituents is 1. The molecule has 0 saturated carbocycles. The van der Waals surface area contributed by atoms with Crippen LogP contribution in [-0.2, 0) is 9.53 Å². The van der Waals surface area contributed by atoms with E-state index in [0.29, 0.717) is 12.0 Å². The molecule has 1 aromatic rings. The van der Waals surface area contributed by atoms with Crippen LogP contribution in [0.2, 0.25) is 0 Å². The van der Waals surface area contributed by atoms with E-state index in [2.05, 4.69) is 10.1 Å². The summed E-state index contributed by atoms with van der Waals surface area (Å²) in [6, 6.07) is 5.13. The third kappa shape index (κ3) is 3.48. The third-order valence-electron chi connectivity index (χ3n) is 2.33. The van der Waals surface area contributed by atoms with E-state index in [4.69, 9.17) is 5.11 Å². The molecule has 1 rings (SSSR count). The van der Waals surface area contributed by atoms with Crippen LogP contribution in [0.5, 0.6) is 5.75 Å². The first-order valence-corrected chi connectivity index (χ1v) is 5.26. The van der Waals surface area contributed by atoms with Crippen LogP contribution in [0.3, 0.4) is 0 Å². The number of carbonyl (C=O) groups is 2. The first-order valence-electron chi connectivity index (χ1n) is 5.26. The van der Waals surface area contributed by atoms with Gasteiger partial charge in [-0.05, 0) is 30.7 Å². The Labute approximate surface area is 99.4 Å². The molecule has 2 N–H and O–H groups in total. The second-order valence-electron chi connectivity index (χ2n) is 3.50. The van der Waals surface area contributed by atoms with E-state index in [-0.39, 0.29) is 11.7 Å². The number of aromatic hydroxyl groups is 1. The molecule has 0 spiro atoms. The minimum absolute atomic E-state index is 0.0848. The summed E-state index contributed by atoms with van der Waals surface area (Å²) in [4.78, 5) is 23.0. The van der Waals surface area contributed by atoms with E-state index in [1.165, 1.54) is 31.4 Å². The molecular formula is C12H15NO4. The number of benzene rings is 1. The first-order chi connectivity index (χ1) is 8.08. The van der Waals surface area contributed by atoms with E-state index in [1.54, 1.807) is 6.92 Å². The van der Waals surface area contributed by atoms with Crippen LogP contribution in [0, 0.1) is 0 Å². The van der Waals surface area contributed by atoms with Gasteiger partial charge in [0.2, 0.25) is 0 Å². The molecule has 92 valence electrons. The summed E-state index contributed by atoms with van der Waals surface area (Å²) >= 11 is 0. The summed E-state index contributed by atoms with van der Waals surface area (Å²) in [5, 5.41) is 11.6. The van der Waals surface area contributed by atoms with Gasteiger partial charge in [0.25, 0.3) is 5.91 Å². The van der Waals surface area contributed by atoms with Crippen molar-refractivity contribution < 1.29 is 19.4 Å². The molecule has 0 fully saturated rings. The smallest absolute Gasteiger partial charge is 0.328 e. The van der Waals surface area contributed by atoms with Gasteiger partial charge in [0.15, 0.2) is 0 Å². The van der Waals surface area contributed by atoms with Crippen molar-refractivity contribution in [3.8, 4) is 5.75 Å². The van der Waals surface area contributed by atoms with Crippen LogP contribution in [0.4, 0.5) is 0 Å². The molecule has 5 heteroatoms. The monoisotopic (exact) mass is 237 g/mol. The van der Waals surface area contributed by atoms with Gasteiger partial charge < -0.3 is 15.2 Å². The number of hydrogen-bond donors (Lipinski definition) is 2. The number of nitrogens with one attached hydrogen (secondary N) is 1. The Morgan fingerprint density at radius 2 is 1.94 bits per heavy atom. The largest absolute Gasteiger partial charge is 0.508 e. The van der Waals surface area contributed by atoms with Gasteiger partial charge in [-0.2, -0.15) is 0 Å². The van der Waals surface area contributed by atoms with Crippen LogP contribution in [-0.4, -0.2) is 30.1 Å². The van der Waals surface area contributed by atoms with Gasteiger partial charge >= 0.3 is 5.97 Å². The van der Waals surface area contributed by atoms with Gasteiger partial charge in [-0.25, -0.2) is 4.79 Å². The van der Waals surface area contributed by atoms with Crippen molar-refractivity contribution in [1.29, 1.82) is 0 Å². The second-order valence-corrected chi connectivity index (χ2v) is 3.50. The maximum absolute atomic E-state index is 11.7. The Hall–Kier alpha value is -2.04. The van der Waals surface area contributed by atoms with Gasteiger partial charge in [0.1, 0.15) is 11.8 Å². The van der Waals surface area contributed by atoms with Gasteiger partial charge in [-0.15, -0.1) is 0 Å². The lowest BCUT2D eigenvalue weighted by Gasteiger charge is -2.14. The number of esters is 1. The Balaban J connectivity index is 2.71. The van der Waals surface area contributed by atoms with Crippen molar-refractivity contribution in [3.63, 3.8) is 0 Å². The lowest BCUT2D eigenvalue weighted by molar-refractivity contribution is -0.142. The summed E-state index contributed by atoms with van der Waals surface area (Å²) in [6.45, 7) is 1.78. The molecule has 1 atom stereocenters. The van der Waals surface area contributed by atoms with E-state index in [9.17, 15) is 9.59 Å². The molecule has 0 unspecified atom stereocenters. The quantitative estimate of drug-likeness (QED) is 0.768.